The molecule has 0 spiro atoms. The zero-order valence-corrected chi connectivity index (χ0v) is 12.3. The molecule has 1 heterocycles. The van der Waals surface area contributed by atoms with E-state index in [0.717, 1.165) is 4.88 Å². The zero-order chi connectivity index (χ0) is 15.3. The van der Waals surface area contributed by atoms with Gasteiger partial charge in [0.25, 0.3) is 0 Å². The Morgan fingerprint density at radius 3 is 2.55 bits per heavy atom. The van der Waals surface area contributed by atoms with Gasteiger partial charge in [0.05, 0.1) is 24.8 Å². The quantitative estimate of drug-likeness (QED) is 0.631. The van der Waals surface area contributed by atoms with Crippen LogP contribution in [-0.2, 0) is 4.74 Å². The summed E-state index contributed by atoms with van der Waals surface area (Å²) in [5.74, 6) is -1.09. The van der Waals surface area contributed by atoms with Crippen LogP contribution in [0.4, 0.5) is 9.80 Å². The molecule has 1 unspecified atom stereocenters. The molecular formula is C12H18N2O5S. The molecule has 0 radical (unpaired) electrons. The summed E-state index contributed by atoms with van der Waals surface area (Å²) in [5.41, 5.74) is 0.725. The van der Waals surface area contributed by atoms with Crippen LogP contribution in [-0.4, -0.2) is 48.6 Å². The summed E-state index contributed by atoms with van der Waals surface area (Å²) in [6, 6.07) is -1.12. The Bertz CT molecular complexity index is 500. The zero-order valence-electron chi connectivity index (χ0n) is 11.5. The third-order valence-electron chi connectivity index (χ3n) is 2.75. The minimum Gasteiger partial charge on any atom is -0.478 e. The van der Waals surface area contributed by atoms with E-state index < -0.39 is 18.0 Å². The molecule has 0 saturated heterocycles. The average Bonchev–Trinajstić information content (AvgIpc) is 2.63. The maximum atomic E-state index is 11.8. The van der Waals surface area contributed by atoms with E-state index in [1.54, 1.807) is 13.8 Å². The van der Waals surface area contributed by atoms with Crippen LogP contribution < -0.4 is 10.6 Å². The highest BCUT2D eigenvalue weighted by Crippen LogP contribution is 2.32. The third kappa shape index (κ3) is 3.92. The first-order chi connectivity index (χ1) is 9.40. The first-order valence-corrected chi connectivity index (χ1v) is 6.72. The van der Waals surface area contributed by atoms with E-state index in [2.05, 4.69) is 10.6 Å². The van der Waals surface area contributed by atoms with Crippen molar-refractivity contribution in [1.29, 1.82) is 0 Å². The van der Waals surface area contributed by atoms with Crippen molar-refractivity contribution in [1.82, 2.24) is 5.32 Å². The Morgan fingerprint density at radius 1 is 1.40 bits per heavy atom. The molecule has 4 N–H and O–H groups in total. The summed E-state index contributed by atoms with van der Waals surface area (Å²) in [5, 5.41) is 23.5. The van der Waals surface area contributed by atoms with Gasteiger partial charge >= 0.3 is 12.0 Å². The number of carboxylic acid groups (broad SMARTS) is 1. The summed E-state index contributed by atoms with van der Waals surface area (Å²) in [7, 11) is 1.46. The Labute approximate surface area is 120 Å². The van der Waals surface area contributed by atoms with Crippen molar-refractivity contribution in [2.24, 2.45) is 0 Å². The molecule has 8 heteroatoms. The van der Waals surface area contributed by atoms with Crippen molar-refractivity contribution >= 4 is 28.3 Å². The second-order valence-electron chi connectivity index (χ2n) is 4.23. The molecule has 1 atom stereocenters. The van der Waals surface area contributed by atoms with Crippen LogP contribution in [0.1, 0.15) is 20.8 Å². The van der Waals surface area contributed by atoms with E-state index in [1.807, 2.05) is 0 Å². The molecule has 0 aliphatic heterocycles. The van der Waals surface area contributed by atoms with E-state index in [0.29, 0.717) is 5.56 Å². The van der Waals surface area contributed by atoms with Gasteiger partial charge < -0.3 is 20.3 Å². The largest absolute Gasteiger partial charge is 0.478 e. The lowest BCUT2D eigenvalue weighted by atomic mass is 10.1. The minimum absolute atomic E-state index is 0.0925. The molecule has 0 aliphatic carbocycles. The number of urea groups is 1. The number of carbonyl (C=O) groups is 2. The van der Waals surface area contributed by atoms with Crippen molar-refractivity contribution in [2.75, 3.05) is 25.6 Å². The molecule has 1 aromatic heterocycles. The van der Waals surface area contributed by atoms with Crippen LogP contribution in [0.15, 0.2) is 0 Å². The van der Waals surface area contributed by atoms with Crippen LogP contribution >= 0.6 is 11.3 Å². The third-order valence-corrected chi connectivity index (χ3v) is 3.87. The van der Waals surface area contributed by atoms with E-state index in [1.165, 1.54) is 18.4 Å². The number of ether oxygens (including phenoxy) is 1. The Hall–Kier alpha value is -1.64. The Kier molecular flexibility index (Phi) is 5.93. The first kappa shape index (κ1) is 16.4. The topological polar surface area (TPSA) is 108 Å². The molecule has 0 fully saturated rings. The number of anilines is 1. The lowest BCUT2D eigenvalue weighted by molar-refractivity contribution is 0.0697. The number of carbonyl (C=O) groups excluding carboxylic acids is 1. The summed E-state index contributed by atoms with van der Waals surface area (Å²) in [4.78, 5) is 23.8. The van der Waals surface area contributed by atoms with Crippen molar-refractivity contribution in [3.05, 3.63) is 16.0 Å². The van der Waals surface area contributed by atoms with Crippen molar-refractivity contribution in [2.45, 2.75) is 19.9 Å². The second kappa shape index (κ2) is 7.22. The number of aliphatic hydroxyl groups is 1. The van der Waals surface area contributed by atoms with Crippen molar-refractivity contribution < 1.29 is 24.5 Å². The van der Waals surface area contributed by atoms with Gasteiger partial charge in [-0.1, -0.05) is 0 Å². The summed E-state index contributed by atoms with van der Waals surface area (Å²) in [6.07, 6.45) is 0. The lowest BCUT2D eigenvalue weighted by Gasteiger charge is -2.15. The van der Waals surface area contributed by atoms with Gasteiger partial charge in [0.15, 0.2) is 0 Å². The smallest absolute Gasteiger partial charge is 0.338 e. The fourth-order valence-electron chi connectivity index (χ4n) is 1.64. The molecule has 0 bridgehead atoms. The van der Waals surface area contributed by atoms with Gasteiger partial charge in [0.2, 0.25) is 0 Å². The highest BCUT2D eigenvalue weighted by molar-refractivity contribution is 7.16. The maximum Gasteiger partial charge on any atom is 0.338 e. The standard InChI is InChI=1S/C12H18N2O5S/c1-6-7(2)20-10(9(6)11(16)17)14-12(18)13-8(4-15)5-19-3/h8,15H,4-5H2,1-3H3,(H,16,17)(H2,13,14,18). The molecule has 20 heavy (non-hydrogen) atoms. The number of aliphatic hydroxyl groups excluding tert-OH is 1. The highest BCUT2D eigenvalue weighted by atomic mass is 32.1. The molecule has 112 valence electrons. The number of thiophene rings is 1. The molecule has 0 aliphatic rings. The SMILES string of the molecule is COCC(CO)NC(=O)Nc1sc(C)c(C)c1C(=O)O. The van der Waals surface area contributed by atoms with E-state index in [4.69, 9.17) is 14.9 Å². The minimum atomic E-state index is -1.09. The average molecular weight is 302 g/mol. The first-order valence-electron chi connectivity index (χ1n) is 5.91. The molecule has 2 amide bonds. The van der Waals surface area contributed by atoms with Crippen molar-refractivity contribution in [3.8, 4) is 0 Å². The number of carboxylic acids is 1. The number of nitrogens with one attached hydrogen (secondary N) is 2. The van der Waals surface area contributed by atoms with E-state index in [-0.39, 0.29) is 23.8 Å². The number of hydrogen-bond donors (Lipinski definition) is 4. The van der Waals surface area contributed by atoms with Gasteiger partial charge in [0, 0.05) is 12.0 Å². The van der Waals surface area contributed by atoms with Crippen LogP contribution in [0.25, 0.3) is 0 Å². The van der Waals surface area contributed by atoms with Crippen LogP contribution in [0.5, 0.6) is 0 Å². The monoisotopic (exact) mass is 302 g/mol. The Balaban J connectivity index is 2.80. The number of hydrogen-bond acceptors (Lipinski definition) is 5. The molecule has 7 nitrogen and oxygen atoms in total. The molecule has 1 rings (SSSR count). The van der Waals surface area contributed by atoms with Crippen LogP contribution in [0, 0.1) is 13.8 Å². The van der Waals surface area contributed by atoms with Gasteiger partial charge in [-0.15, -0.1) is 11.3 Å². The number of amides is 2. The van der Waals surface area contributed by atoms with Gasteiger partial charge in [-0.3, -0.25) is 5.32 Å². The highest BCUT2D eigenvalue weighted by Gasteiger charge is 2.21. The second-order valence-corrected chi connectivity index (χ2v) is 5.45. The van der Waals surface area contributed by atoms with Crippen LogP contribution in [0.3, 0.4) is 0 Å². The van der Waals surface area contributed by atoms with Gasteiger partial charge in [0.1, 0.15) is 5.00 Å². The van der Waals surface area contributed by atoms with Gasteiger partial charge in [-0.2, -0.15) is 0 Å². The molecule has 0 saturated carbocycles. The molecule has 0 aromatic carbocycles. The fraction of sp³-hybridized carbons (Fsp3) is 0.500. The molecule has 1 aromatic rings. The number of rotatable bonds is 6. The lowest BCUT2D eigenvalue weighted by Crippen LogP contribution is -2.42. The van der Waals surface area contributed by atoms with Crippen LogP contribution in [0.2, 0.25) is 0 Å². The number of aryl methyl sites for hydroxylation is 1. The summed E-state index contributed by atoms with van der Waals surface area (Å²) < 4.78 is 4.84. The maximum absolute atomic E-state index is 11.8. The molecular weight excluding hydrogens is 284 g/mol. The van der Waals surface area contributed by atoms with Crippen molar-refractivity contribution in [3.63, 3.8) is 0 Å². The summed E-state index contributed by atoms with van der Waals surface area (Å²) in [6.45, 7) is 3.38. The Morgan fingerprint density at radius 2 is 2.05 bits per heavy atom. The predicted molar refractivity (Wildman–Crippen MR) is 75.7 cm³/mol. The number of methoxy groups -OCH3 is 1. The summed E-state index contributed by atoms with van der Waals surface area (Å²) >= 11 is 1.20. The fourth-order valence-corrected chi connectivity index (χ4v) is 2.69. The van der Waals surface area contributed by atoms with E-state index >= 15 is 0 Å². The number of aromatic carboxylic acids is 1. The normalized spacial score (nSPS) is 12.0. The van der Waals surface area contributed by atoms with E-state index in [9.17, 15) is 9.59 Å². The predicted octanol–water partition coefficient (Wildman–Crippen LogP) is 1.19. The van der Waals surface area contributed by atoms with Gasteiger partial charge in [-0.25, -0.2) is 9.59 Å². The van der Waals surface area contributed by atoms with Gasteiger partial charge in [-0.05, 0) is 19.4 Å².